The molecule has 1 saturated heterocycles. The van der Waals surface area contributed by atoms with Crippen LogP contribution >= 0.6 is 0 Å². The topological polar surface area (TPSA) is 88.2 Å². The molecular weight excluding hydrogens is 442 g/mol. The van der Waals surface area contributed by atoms with E-state index in [1.807, 2.05) is 18.2 Å². The highest BCUT2D eigenvalue weighted by molar-refractivity contribution is 7.89. The normalized spacial score (nSPS) is 16.7. The van der Waals surface area contributed by atoms with Gasteiger partial charge in [0.2, 0.25) is 15.9 Å². The first-order chi connectivity index (χ1) is 15.9. The molecule has 1 N–H and O–H groups in total. The maximum Gasteiger partial charge on any atom is 0.243 e. The van der Waals surface area contributed by atoms with Crippen molar-refractivity contribution < 1.29 is 22.7 Å². The zero-order valence-corrected chi connectivity index (χ0v) is 19.9. The first-order valence-corrected chi connectivity index (χ1v) is 12.7. The average molecular weight is 474 g/mol. The van der Waals surface area contributed by atoms with Gasteiger partial charge in [-0.2, -0.15) is 4.31 Å². The lowest BCUT2D eigenvalue weighted by Crippen LogP contribution is -2.34. The molecule has 178 valence electrons. The van der Waals surface area contributed by atoms with Gasteiger partial charge in [-0.25, -0.2) is 8.42 Å². The Morgan fingerprint density at radius 2 is 1.85 bits per heavy atom. The summed E-state index contributed by atoms with van der Waals surface area (Å²) >= 11 is 0. The number of rotatable bonds is 10. The molecule has 0 unspecified atom stereocenters. The van der Waals surface area contributed by atoms with Gasteiger partial charge in [0.1, 0.15) is 11.5 Å². The second-order valence-corrected chi connectivity index (χ2v) is 10.4. The number of sulfonamides is 1. The number of carbonyl (C=O) groups excluding carboxylic acids is 1. The molecule has 0 aromatic heterocycles. The van der Waals surface area contributed by atoms with Gasteiger partial charge in [-0.1, -0.05) is 6.07 Å². The Labute approximate surface area is 195 Å². The van der Waals surface area contributed by atoms with Gasteiger partial charge in [0.15, 0.2) is 0 Å². The number of amides is 1. The number of nitrogens with zero attached hydrogens (tertiary/aromatic N) is 2. The molecule has 2 aromatic carbocycles. The summed E-state index contributed by atoms with van der Waals surface area (Å²) in [4.78, 5) is 15.2. The van der Waals surface area contributed by atoms with Crippen molar-refractivity contribution in [2.45, 2.75) is 43.2 Å². The number of hydrogen-bond donors (Lipinski definition) is 1. The van der Waals surface area contributed by atoms with Crippen LogP contribution in [0.15, 0.2) is 47.4 Å². The summed E-state index contributed by atoms with van der Waals surface area (Å²) in [5.41, 5.74) is 1.44. The van der Waals surface area contributed by atoms with Crippen LogP contribution in [0.4, 0.5) is 5.69 Å². The molecule has 0 spiro atoms. The van der Waals surface area contributed by atoms with Crippen molar-refractivity contribution in [3.63, 3.8) is 0 Å². The fraction of sp³-hybridized carbons (Fsp3) is 0.458. The number of ether oxygens (including phenoxy) is 2. The van der Waals surface area contributed by atoms with E-state index >= 15 is 0 Å². The van der Waals surface area contributed by atoms with Crippen molar-refractivity contribution in [2.24, 2.45) is 0 Å². The molecule has 1 aliphatic carbocycles. The van der Waals surface area contributed by atoms with Gasteiger partial charge in [-0.05, 0) is 62.1 Å². The van der Waals surface area contributed by atoms with E-state index in [1.54, 1.807) is 32.4 Å². The smallest absolute Gasteiger partial charge is 0.243 e. The van der Waals surface area contributed by atoms with E-state index in [2.05, 4.69) is 10.2 Å². The minimum absolute atomic E-state index is 0.181. The van der Waals surface area contributed by atoms with Crippen molar-refractivity contribution in [2.75, 3.05) is 39.2 Å². The SMILES string of the molecule is COc1ccc(OC)c(CN(CC(=O)Nc2cccc(S(=O)(=O)N3CCCC3)c2)C2CC2)c1. The highest BCUT2D eigenvalue weighted by Crippen LogP contribution is 2.32. The summed E-state index contributed by atoms with van der Waals surface area (Å²) in [6.07, 6.45) is 3.85. The summed E-state index contributed by atoms with van der Waals surface area (Å²) < 4.78 is 38.0. The monoisotopic (exact) mass is 473 g/mol. The predicted molar refractivity (Wildman–Crippen MR) is 126 cm³/mol. The molecule has 1 saturated carbocycles. The van der Waals surface area contributed by atoms with Crippen LogP contribution in [0.2, 0.25) is 0 Å². The molecule has 1 amide bonds. The second kappa shape index (κ2) is 10.1. The van der Waals surface area contributed by atoms with Crippen molar-refractivity contribution in [1.82, 2.24) is 9.21 Å². The number of carbonyl (C=O) groups is 1. The Hall–Kier alpha value is -2.62. The van der Waals surface area contributed by atoms with Crippen LogP contribution in [0.25, 0.3) is 0 Å². The molecule has 9 heteroatoms. The molecular formula is C24H31N3O5S. The van der Waals surface area contributed by atoms with Crippen molar-refractivity contribution in [1.29, 1.82) is 0 Å². The molecule has 2 aromatic rings. The summed E-state index contributed by atoms with van der Waals surface area (Å²) in [7, 11) is -0.284. The second-order valence-electron chi connectivity index (χ2n) is 8.50. The van der Waals surface area contributed by atoms with Crippen LogP contribution in [0.1, 0.15) is 31.2 Å². The van der Waals surface area contributed by atoms with E-state index in [-0.39, 0.29) is 17.3 Å². The first kappa shape index (κ1) is 23.5. The molecule has 4 rings (SSSR count). The Morgan fingerprint density at radius 1 is 1.09 bits per heavy atom. The molecule has 8 nitrogen and oxygen atoms in total. The van der Waals surface area contributed by atoms with E-state index in [1.165, 1.54) is 10.4 Å². The van der Waals surface area contributed by atoms with Gasteiger partial charge in [0.25, 0.3) is 0 Å². The Kier molecular flexibility index (Phi) is 7.21. The number of anilines is 1. The first-order valence-electron chi connectivity index (χ1n) is 11.3. The summed E-state index contributed by atoms with van der Waals surface area (Å²) in [6, 6.07) is 12.5. The minimum atomic E-state index is -3.53. The maximum atomic E-state index is 12.9. The van der Waals surface area contributed by atoms with E-state index < -0.39 is 10.0 Å². The van der Waals surface area contributed by atoms with Crippen LogP contribution < -0.4 is 14.8 Å². The number of methoxy groups -OCH3 is 2. The van der Waals surface area contributed by atoms with Gasteiger partial charge < -0.3 is 14.8 Å². The standard InChI is InChI=1S/C24H31N3O5S/c1-31-21-10-11-23(32-2)18(14-21)16-26(20-8-9-20)17-24(28)25-19-6-5-7-22(15-19)33(29,30)27-12-3-4-13-27/h5-7,10-11,14-15,20H,3-4,8-9,12-13,16-17H2,1-2H3,(H,25,28). The molecule has 1 heterocycles. The fourth-order valence-corrected chi connectivity index (χ4v) is 5.74. The van der Waals surface area contributed by atoms with Crippen LogP contribution in [0, 0.1) is 0 Å². The van der Waals surface area contributed by atoms with Gasteiger partial charge in [-0.15, -0.1) is 0 Å². The molecule has 0 radical (unpaired) electrons. The minimum Gasteiger partial charge on any atom is -0.497 e. The third-order valence-corrected chi connectivity index (χ3v) is 7.99. The lowest BCUT2D eigenvalue weighted by Gasteiger charge is -2.23. The van der Waals surface area contributed by atoms with Crippen LogP contribution in [-0.4, -0.2) is 63.4 Å². The maximum absolute atomic E-state index is 12.9. The lowest BCUT2D eigenvalue weighted by molar-refractivity contribution is -0.117. The molecule has 1 aliphatic heterocycles. The third-order valence-electron chi connectivity index (χ3n) is 6.09. The number of benzene rings is 2. The van der Waals surface area contributed by atoms with E-state index in [9.17, 15) is 13.2 Å². The summed E-state index contributed by atoms with van der Waals surface area (Å²) in [5, 5.41) is 2.88. The number of hydrogen-bond acceptors (Lipinski definition) is 6. The van der Waals surface area contributed by atoms with Crippen molar-refractivity contribution in [3.8, 4) is 11.5 Å². The molecule has 33 heavy (non-hydrogen) atoms. The Morgan fingerprint density at radius 3 is 2.52 bits per heavy atom. The zero-order valence-electron chi connectivity index (χ0n) is 19.1. The van der Waals surface area contributed by atoms with E-state index in [4.69, 9.17) is 9.47 Å². The van der Waals surface area contributed by atoms with Crippen molar-refractivity contribution >= 4 is 21.6 Å². The van der Waals surface area contributed by atoms with Gasteiger partial charge in [-0.3, -0.25) is 9.69 Å². The average Bonchev–Trinajstić information content (AvgIpc) is 3.51. The van der Waals surface area contributed by atoms with E-state index in [0.29, 0.717) is 31.4 Å². The van der Waals surface area contributed by atoms with Crippen LogP contribution in [0.5, 0.6) is 11.5 Å². The highest BCUT2D eigenvalue weighted by Gasteiger charge is 2.31. The third kappa shape index (κ3) is 5.66. The molecule has 2 fully saturated rings. The molecule has 2 aliphatic rings. The van der Waals surface area contributed by atoms with E-state index in [0.717, 1.165) is 42.7 Å². The predicted octanol–water partition coefficient (Wildman–Crippen LogP) is 3.09. The number of nitrogens with one attached hydrogen (secondary N) is 1. The molecule has 0 bridgehead atoms. The highest BCUT2D eigenvalue weighted by atomic mass is 32.2. The Bertz CT molecular complexity index is 1100. The van der Waals surface area contributed by atoms with Gasteiger partial charge in [0.05, 0.1) is 25.7 Å². The molecule has 0 atom stereocenters. The van der Waals surface area contributed by atoms with Gasteiger partial charge in [0, 0.05) is 36.9 Å². The van der Waals surface area contributed by atoms with Crippen LogP contribution in [-0.2, 0) is 21.4 Å². The van der Waals surface area contributed by atoms with Crippen LogP contribution in [0.3, 0.4) is 0 Å². The fourth-order valence-electron chi connectivity index (χ4n) is 4.17. The lowest BCUT2D eigenvalue weighted by atomic mass is 10.1. The Balaban J connectivity index is 1.44. The summed E-state index contributed by atoms with van der Waals surface area (Å²) in [6.45, 7) is 1.85. The summed E-state index contributed by atoms with van der Waals surface area (Å²) in [5.74, 6) is 1.31. The van der Waals surface area contributed by atoms with Crippen molar-refractivity contribution in [3.05, 3.63) is 48.0 Å². The largest absolute Gasteiger partial charge is 0.497 e. The van der Waals surface area contributed by atoms with Gasteiger partial charge >= 0.3 is 0 Å². The quantitative estimate of drug-likeness (QED) is 0.571. The zero-order chi connectivity index (χ0) is 23.4.